The molecule has 4 rings (SSSR count). The third-order valence-electron chi connectivity index (χ3n) is 5.21. The molecular weight excluding hydrogens is 402 g/mol. The predicted molar refractivity (Wildman–Crippen MR) is 129 cm³/mol. The average molecular weight is 430 g/mol. The Hall–Kier alpha value is -3.84. The van der Waals surface area contributed by atoms with Crippen LogP contribution in [0.3, 0.4) is 0 Å². The molecule has 0 radical (unpaired) electrons. The summed E-state index contributed by atoms with van der Waals surface area (Å²) in [4.78, 5) is 18.6. The first kappa shape index (κ1) is 21.4. The topological polar surface area (TPSA) is 71.4 Å². The van der Waals surface area contributed by atoms with Crippen LogP contribution in [-0.4, -0.2) is 54.8 Å². The van der Waals surface area contributed by atoms with Crippen LogP contribution in [0.4, 0.5) is 10.5 Å². The molecule has 0 saturated carbocycles. The second-order valence-corrected chi connectivity index (χ2v) is 7.75. The number of hydrogen-bond donors (Lipinski definition) is 2. The van der Waals surface area contributed by atoms with Gasteiger partial charge < -0.3 is 20.3 Å². The minimum absolute atomic E-state index is 0.207. The maximum Gasteiger partial charge on any atom is 0.319 e. The molecule has 7 nitrogen and oxygen atoms in total. The van der Waals surface area contributed by atoms with Crippen molar-refractivity contribution in [3.8, 4) is 22.6 Å². The van der Waals surface area contributed by atoms with Gasteiger partial charge in [-0.25, -0.2) is 9.78 Å². The third-order valence-corrected chi connectivity index (χ3v) is 5.21. The first-order valence-corrected chi connectivity index (χ1v) is 10.5. The Morgan fingerprint density at radius 1 is 1.03 bits per heavy atom. The molecule has 3 aromatic carbocycles. The van der Waals surface area contributed by atoms with Gasteiger partial charge in [-0.05, 0) is 61.6 Å². The lowest BCUT2D eigenvalue weighted by molar-refractivity contribution is 0.250. The Morgan fingerprint density at radius 2 is 1.78 bits per heavy atom. The predicted octanol–water partition coefficient (Wildman–Crippen LogP) is 4.38. The highest BCUT2D eigenvalue weighted by Crippen LogP contribution is 2.29. The number of nitrogens with one attached hydrogen (secondary N) is 2. The lowest BCUT2D eigenvalue weighted by atomic mass is 10.0. The van der Waals surface area contributed by atoms with E-state index >= 15 is 0 Å². The summed E-state index contributed by atoms with van der Waals surface area (Å²) in [6.45, 7) is 1.39. The van der Waals surface area contributed by atoms with Gasteiger partial charge >= 0.3 is 6.03 Å². The van der Waals surface area contributed by atoms with Crippen LogP contribution in [0.2, 0.25) is 0 Å². The second kappa shape index (κ2) is 9.53. The number of anilines is 1. The number of likely N-dealkylation sites (N-methyl/N-ethyl adjacent to an activating group) is 1. The van der Waals surface area contributed by atoms with Crippen LogP contribution < -0.4 is 15.4 Å². The minimum Gasteiger partial charge on any atom is -0.495 e. The van der Waals surface area contributed by atoms with Crippen molar-refractivity contribution in [2.75, 3.05) is 39.6 Å². The monoisotopic (exact) mass is 429 g/mol. The summed E-state index contributed by atoms with van der Waals surface area (Å²) in [5.41, 5.74) is 5.71. The smallest absolute Gasteiger partial charge is 0.319 e. The summed E-state index contributed by atoms with van der Waals surface area (Å²) < 4.78 is 7.56. The maximum absolute atomic E-state index is 12.0. The number of ether oxygens (including phenoxy) is 1. The van der Waals surface area contributed by atoms with Crippen LogP contribution in [-0.2, 0) is 0 Å². The maximum atomic E-state index is 12.0. The number of rotatable bonds is 7. The summed E-state index contributed by atoms with van der Waals surface area (Å²) in [6, 6.07) is 21.7. The number of carbonyl (C=O) groups excluding carboxylic acids is 1. The number of hydrogen-bond acceptors (Lipinski definition) is 4. The number of urea groups is 1. The lowest BCUT2D eigenvalue weighted by Crippen LogP contribution is -2.34. The van der Waals surface area contributed by atoms with Crippen molar-refractivity contribution < 1.29 is 9.53 Å². The largest absolute Gasteiger partial charge is 0.495 e. The number of amides is 2. The molecule has 1 heterocycles. The lowest BCUT2D eigenvalue weighted by Gasteiger charge is -2.12. The third kappa shape index (κ3) is 4.73. The zero-order chi connectivity index (χ0) is 22.5. The van der Waals surface area contributed by atoms with Crippen LogP contribution in [0.15, 0.2) is 73.1 Å². The van der Waals surface area contributed by atoms with Gasteiger partial charge in [-0.2, -0.15) is 0 Å². The van der Waals surface area contributed by atoms with E-state index in [1.165, 1.54) is 0 Å². The molecule has 0 aliphatic carbocycles. The number of nitrogens with zero attached hydrogens (tertiary/aromatic N) is 3. The van der Waals surface area contributed by atoms with Gasteiger partial charge in [0.15, 0.2) is 0 Å². The first-order chi connectivity index (χ1) is 15.5. The molecule has 2 amide bonds. The fourth-order valence-electron chi connectivity index (χ4n) is 3.52. The molecule has 0 saturated heterocycles. The van der Waals surface area contributed by atoms with E-state index < -0.39 is 0 Å². The van der Waals surface area contributed by atoms with Crippen molar-refractivity contribution in [1.82, 2.24) is 19.8 Å². The SMILES string of the molecule is COc1ccccc1-n1cnc2ccc(-c3ccc(NC(=O)NCCN(C)C)cc3)cc21. The summed E-state index contributed by atoms with van der Waals surface area (Å²) in [6.07, 6.45) is 1.81. The fraction of sp³-hybridized carbons (Fsp3) is 0.200. The molecule has 0 bridgehead atoms. The Labute approximate surface area is 187 Å². The molecule has 0 spiro atoms. The van der Waals surface area contributed by atoms with E-state index in [1.54, 1.807) is 7.11 Å². The van der Waals surface area contributed by atoms with Gasteiger partial charge in [-0.1, -0.05) is 30.3 Å². The van der Waals surface area contributed by atoms with Crippen molar-refractivity contribution in [2.45, 2.75) is 0 Å². The van der Waals surface area contributed by atoms with Gasteiger partial charge in [0.25, 0.3) is 0 Å². The van der Waals surface area contributed by atoms with E-state index in [0.717, 1.165) is 45.8 Å². The van der Waals surface area contributed by atoms with Gasteiger partial charge in [-0.15, -0.1) is 0 Å². The van der Waals surface area contributed by atoms with Crippen molar-refractivity contribution in [3.63, 3.8) is 0 Å². The molecule has 0 aliphatic heterocycles. The number of benzene rings is 3. The highest BCUT2D eigenvalue weighted by Gasteiger charge is 2.10. The quantitative estimate of drug-likeness (QED) is 0.457. The van der Waals surface area contributed by atoms with Gasteiger partial charge in [0, 0.05) is 18.8 Å². The van der Waals surface area contributed by atoms with Crippen LogP contribution in [0, 0.1) is 0 Å². The summed E-state index contributed by atoms with van der Waals surface area (Å²) >= 11 is 0. The van der Waals surface area contributed by atoms with E-state index in [-0.39, 0.29) is 6.03 Å². The molecule has 0 unspecified atom stereocenters. The normalized spacial score (nSPS) is 11.0. The number of para-hydroxylation sites is 2. The first-order valence-electron chi connectivity index (χ1n) is 10.5. The van der Waals surface area contributed by atoms with Gasteiger partial charge in [-0.3, -0.25) is 4.57 Å². The van der Waals surface area contributed by atoms with Gasteiger partial charge in [0.2, 0.25) is 0 Å². The van der Waals surface area contributed by atoms with Crippen LogP contribution >= 0.6 is 0 Å². The zero-order valence-electron chi connectivity index (χ0n) is 18.5. The van der Waals surface area contributed by atoms with Crippen molar-refractivity contribution in [2.24, 2.45) is 0 Å². The van der Waals surface area contributed by atoms with Gasteiger partial charge in [0.05, 0.1) is 23.8 Å². The molecule has 7 heteroatoms. The molecule has 4 aromatic rings. The number of methoxy groups -OCH3 is 1. The molecule has 2 N–H and O–H groups in total. The number of carbonyl (C=O) groups is 1. The Bertz CT molecular complexity index is 1210. The highest BCUT2D eigenvalue weighted by atomic mass is 16.5. The highest BCUT2D eigenvalue weighted by molar-refractivity contribution is 5.90. The zero-order valence-corrected chi connectivity index (χ0v) is 18.5. The molecule has 0 aliphatic rings. The molecular formula is C25H27N5O2. The van der Waals surface area contributed by atoms with E-state index in [4.69, 9.17) is 4.74 Å². The second-order valence-electron chi connectivity index (χ2n) is 7.75. The van der Waals surface area contributed by atoms with Crippen LogP contribution in [0.5, 0.6) is 5.75 Å². The van der Waals surface area contributed by atoms with E-state index in [2.05, 4.69) is 27.8 Å². The van der Waals surface area contributed by atoms with Crippen molar-refractivity contribution >= 4 is 22.8 Å². The standard InChI is InChI=1S/C25H27N5O2/c1-29(2)15-14-26-25(31)28-20-11-8-18(9-12-20)19-10-13-21-23(16-19)30(17-27-21)22-6-4-5-7-24(22)32-3/h4-13,16-17H,14-15H2,1-3H3,(H2,26,28,31). The van der Waals surface area contributed by atoms with E-state index in [9.17, 15) is 4.79 Å². The van der Waals surface area contributed by atoms with E-state index in [1.807, 2.05) is 84.5 Å². The number of fused-ring (bicyclic) bond motifs is 1. The summed E-state index contributed by atoms with van der Waals surface area (Å²) in [5.74, 6) is 0.788. The Kier molecular flexibility index (Phi) is 6.37. The Morgan fingerprint density at radius 3 is 2.53 bits per heavy atom. The Balaban J connectivity index is 1.54. The molecule has 0 atom stereocenters. The number of aromatic nitrogens is 2. The fourth-order valence-corrected chi connectivity index (χ4v) is 3.52. The summed E-state index contributed by atoms with van der Waals surface area (Å²) in [7, 11) is 5.61. The minimum atomic E-state index is -0.207. The van der Waals surface area contributed by atoms with Crippen molar-refractivity contribution in [1.29, 1.82) is 0 Å². The van der Waals surface area contributed by atoms with Crippen molar-refractivity contribution in [3.05, 3.63) is 73.1 Å². The van der Waals surface area contributed by atoms with E-state index in [0.29, 0.717) is 6.54 Å². The molecule has 0 fully saturated rings. The molecule has 32 heavy (non-hydrogen) atoms. The van der Waals surface area contributed by atoms with Gasteiger partial charge in [0.1, 0.15) is 12.1 Å². The average Bonchev–Trinajstić information content (AvgIpc) is 3.22. The summed E-state index contributed by atoms with van der Waals surface area (Å²) in [5, 5.41) is 5.71. The van der Waals surface area contributed by atoms with Crippen LogP contribution in [0.25, 0.3) is 27.8 Å². The molecule has 164 valence electrons. The molecule has 1 aromatic heterocycles. The van der Waals surface area contributed by atoms with Crippen LogP contribution in [0.1, 0.15) is 0 Å². The number of imidazole rings is 1.